The lowest BCUT2D eigenvalue weighted by Crippen LogP contribution is -2.50. The van der Waals surface area contributed by atoms with Gasteiger partial charge in [0.15, 0.2) is 0 Å². The van der Waals surface area contributed by atoms with Crippen LogP contribution in [0, 0.1) is 6.92 Å². The maximum Gasteiger partial charge on any atom is 0.242 e. The molecule has 2 amide bonds. The van der Waals surface area contributed by atoms with Crippen LogP contribution in [0.3, 0.4) is 0 Å². The monoisotopic (exact) mass is 581 g/mol. The molecular weight excluding hydrogens is 545 g/mol. The lowest BCUT2D eigenvalue weighted by atomic mass is 9.95. The minimum Gasteiger partial charge on any atom is -0.352 e. The van der Waals surface area contributed by atoms with Gasteiger partial charge in [-0.25, -0.2) is 8.42 Å². The third-order valence-electron chi connectivity index (χ3n) is 6.98. The molecule has 38 heavy (non-hydrogen) atoms. The molecule has 2 aromatic rings. The summed E-state index contributed by atoms with van der Waals surface area (Å²) in [6.07, 6.45) is 6.78. The predicted molar refractivity (Wildman–Crippen MR) is 154 cm³/mol. The Labute approximate surface area is 236 Å². The van der Waals surface area contributed by atoms with E-state index in [-0.39, 0.29) is 43.8 Å². The molecule has 7 nitrogen and oxygen atoms in total. The van der Waals surface area contributed by atoms with Crippen LogP contribution in [0.25, 0.3) is 0 Å². The molecule has 0 bridgehead atoms. The fourth-order valence-corrected chi connectivity index (χ4v) is 6.08. The first-order valence-electron chi connectivity index (χ1n) is 13.0. The number of carbonyl (C=O) groups is 2. The number of anilines is 1. The van der Waals surface area contributed by atoms with Crippen molar-refractivity contribution in [2.75, 3.05) is 17.1 Å². The van der Waals surface area contributed by atoms with Gasteiger partial charge in [-0.1, -0.05) is 60.7 Å². The van der Waals surface area contributed by atoms with Gasteiger partial charge in [-0.05, 0) is 68.5 Å². The minimum absolute atomic E-state index is 0.0836. The number of aryl methyl sites for hydroxylation is 1. The van der Waals surface area contributed by atoms with Crippen LogP contribution in [0.5, 0.6) is 0 Å². The first-order valence-corrected chi connectivity index (χ1v) is 15.6. The van der Waals surface area contributed by atoms with Gasteiger partial charge in [0.25, 0.3) is 0 Å². The van der Waals surface area contributed by atoms with Crippen molar-refractivity contribution in [3.05, 3.63) is 63.6 Å². The number of sulfonamides is 1. The summed E-state index contributed by atoms with van der Waals surface area (Å²) in [6, 6.07) is 11.7. The number of benzene rings is 2. The molecule has 1 N–H and O–H groups in total. The molecule has 1 saturated carbocycles. The maximum atomic E-state index is 13.5. The van der Waals surface area contributed by atoms with Gasteiger partial charge in [0.2, 0.25) is 21.8 Å². The molecule has 0 spiro atoms. The van der Waals surface area contributed by atoms with Crippen molar-refractivity contribution in [2.24, 2.45) is 0 Å². The highest BCUT2D eigenvalue weighted by Gasteiger charge is 2.28. The molecule has 0 radical (unpaired) electrons. The van der Waals surface area contributed by atoms with Gasteiger partial charge >= 0.3 is 0 Å². The van der Waals surface area contributed by atoms with Gasteiger partial charge in [0.05, 0.1) is 11.9 Å². The summed E-state index contributed by atoms with van der Waals surface area (Å²) in [7, 11) is -3.60. The molecule has 1 atom stereocenters. The molecule has 0 aliphatic heterocycles. The zero-order valence-electron chi connectivity index (χ0n) is 22.3. The number of hydrogen-bond donors (Lipinski definition) is 1. The molecule has 0 saturated heterocycles. The molecule has 0 heterocycles. The van der Waals surface area contributed by atoms with Crippen molar-refractivity contribution >= 4 is 50.7 Å². The number of nitrogens with one attached hydrogen (secondary N) is 1. The van der Waals surface area contributed by atoms with Crippen LogP contribution >= 0.6 is 23.2 Å². The number of rotatable bonds is 11. The molecule has 3 rings (SSSR count). The Morgan fingerprint density at radius 3 is 2.29 bits per heavy atom. The van der Waals surface area contributed by atoms with Crippen LogP contribution in [0.15, 0.2) is 42.5 Å². The lowest BCUT2D eigenvalue weighted by molar-refractivity contribution is -0.141. The highest BCUT2D eigenvalue weighted by atomic mass is 35.5. The molecule has 0 aromatic heterocycles. The molecule has 1 fully saturated rings. The Morgan fingerprint density at radius 1 is 1.03 bits per heavy atom. The first kappa shape index (κ1) is 30.3. The van der Waals surface area contributed by atoms with Gasteiger partial charge < -0.3 is 10.2 Å². The topological polar surface area (TPSA) is 86.8 Å². The van der Waals surface area contributed by atoms with E-state index in [1.54, 1.807) is 42.2 Å². The number of hydrogen-bond acceptors (Lipinski definition) is 4. The summed E-state index contributed by atoms with van der Waals surface area (Å²) >= 11 is 12.2. The molecule has 2 aromatic carbocycles. The van der Waals surface area contributed by atoms with Gasteiger partial charge in [-0.3, -0.25) is 13.9 Å². The van der Waals surface area contributed by atoms with E-state index in [1.807, 2.05) is 19.1 Å². The van der Waals surface area contributed by atoms with E-state index in [4.69, 9.17) is 23.2 Å². The van der Waals surface area contributed by atoms with Crippen molar-refractivity contribution in [3.8, 4) is 0 Å². The van der Waals surface area contributed by atoms with Crippen molar-refractivity contribution < 1.29 is 18.0 Å². The van der Waals surface area contributed by atoms with E-state index >= 15 is 0 Å². The van der Waals surface area contributed by atoms with Crippen LogP contribution in [0.4, 0.5) is 5.69 Å². The summed E-state index contributed by atoms with van der Waals surface area (Å²) < 4.78 is 26.5. The maximum absolute atomic E-state index is 13.5. The average Bonchev–Trinajstić information content (AvgIpc) is 2.87. The molecule has 1 aliphatic carbocycles. The number of nitrogens with zero attached hydrogens (tertiary/aromatic N) is 2. The van der Waals surface area contributed by atoms with Crippen molar-refractivity contribution in [3.63, 3.8) is 0 Å². The summed E-state index contributed by atoms with van der Waals surface area (Å²) in [5.74, 6) is -0.394. The Kier molecular flexibility index (Phi) is 10.9. The average molecular weight is 583 g/mol. The minimum atomic E-state index is -3.60. The van der Waals surface area contributed by atoms with E-state index in [0.29, 0.717) is 15.7 Å². The Balaban J connectivity index is 1.73. The molecule has 0 unspecified atom stereocenters. The van der Waals surface area contributed by atoms with Crippen LogP contribution in [0.1, 0.15) is 63.0 Å². The summed E-state index contributed by atoms with van der Waals surface area (Å²) in [5, 5.41) is 4.14. The molecule has 208 valence electrons. The fraction of sp³-hybridized carbons (Fsp3) is 0.500. The van der Waals surface area contributed by atoms with Gasteiger partial charge in [-0.2, -0.15) is 0 Å². The van der Waals surface area contributed by atoms with Crippen LogP contribution in [-0.2, 0) is 26.2 Å². The van der Waals surface area contributed by atoms with E-state index in [1.165, 1.54) is 10.7 Å². The Morgan fingerprint density at radius 2 is 1.66 bits per heavy atom. The quantitative estimate of drug-likeness (QED) is 0.368. The Hall–Kier alpha value is -2.29. The van der Waals surface area contributed by atoms with Gasteiger partial charge in [0, 0.05) is 35.6 Å². The second-order valence-electron chi connectivity index (χ2n) is 10.0. The standard InChI is InChI=1S/C28H37Cl2N3O4S/c1-20-11-14-24(30)18-26(20)33(38(3,36)37)17-7-10-27(34)32(19-22-12-15-23(29)16-13-22)21(2)28(35)31-25-8-5-4-6-9-25/h11-16,18,21,25H,4-10,17,19H2,1-3H3,(H,31,35)/t21-/m1/s1. The number of halogens is 2. The second kappa shape index (κ2) is 13.7. The van der Waals surface area contributed by atoms with Crippen molar-refractivity contribution in [1.29, 1.82) is 0 Å². The highest BCUT2D eigenvalue weighted by molar-refractivity contribution is 7.92. The SMILES string of the molecule is Cc1ccc(Cl)cc1N(CCCC(=O)N(Cc1ccc(Cl)cc1)[C@H](C)C(=O)NC1CCCCC1)S(C)(=O)=O. The predicted octanol–water partition coefficient (Wildman–Crippen LogP) is 5.71. The zero-order valence-corrected chi connectivity index (χ0v) is 24.6. The van der Waals surface area contributed by atoms with Crippen LogP contribution in [-0.4, -0.2) is 50.0 Å². The van der Waals surface area contributed by atoms with Crippen LogP contribution in [0.2, 0.25) is 10.0 Å². The fourth-order valence-electron chi connectivity index (χ4n) is 4.77. The van der Waals surface area contributed by atoms with Crippen molar-refractivity contribution in [2.45, 2.75) is 77.4 Å². The summed E-state index contributed by atoms with van der Waals surface area (Å²) in [4.78, 5) is 28.2. The Bertz CT molecular complexity index is 1220. The first-order chi connectivity index (χ1) is 18.0. The van der Waals surface area contributed by atoms with E-state index in [0.717, 1.165) is 43.1 Å². The largest absolute Gasteiger partial charge is 0.352 e. The van der Waals surface area contributed by atoms with Gasteiger partial charge in [-0.15, -0.1) is 0 Å². The molecule has 1 aliphatic rings. The van der Waals surface area contributed by atoms with E-state index < -0.39 is 16.1 Å². The number of carbonyl (C=O) groups excluding carboxylic acids is 2. The van der Waals surface area contributed by atoms with Crippen molar-refractivity contribution in [1.82, 2.24) is 10.2 Å². The van der Waals surface area contributed by atoms with E-state index in [9.17, 15) is 18.0 Å². The lowest BCUT2D eigenvalue weighted by Gasteiger charge is -2.31. The smallest absolute Gasteiger partial charge is 0.242 e. The second-order valence-corrected chi connectivity index (χ2v) is 12.8. The third-order valence-corrected chi connectivity index (χ3v) is 8.64. The van der Waals surface area contributed by atoms with Gasteiger partial charge in [0.1, 0.15) is 6.04 Å². The van der Waals surface area contributed by atoms with E-state index in [2.05, 4.69) is 5.32 Å². The normalized spacial score (nSPS) is 15.1. The number of amides is 2. The summed E-state index contributed by atoms with van der Waals surface area (Å²) in [6.45, 7) is 3.92. The highest BCUT2D eigenvalue weighted by Crippen LogP contribution is 2.27. The molecular formula is C28H37Cl2N3O4S. The molecule has 10 heteroatoms. The third kappa shape index (κ3) is 8.61. The summed E-state index contributed by atoms with van der Waals surface area (Å²) in [5.41, 5.74) is 2.11. The van der Waals surface area contributed by atoms with Crippen LogP contribution < -0.4 is 9.62 Å². The zero-order chi connectivity index (χ0) is 27.9.